The molecular formula is C28H25ClN2O5. The minimum Gasteiger partial charge on any atom is -0.490 e. The van der Waals surface area contributed by atoms with Gasteiger partial charge in [-0.25, -0.2) is 9.69 Å². The van der Waals surface area contributed by atoms with Gasteiger partial charge in [0, 0.05) is 5.02 Å². The molecule has 184 valence electrons. The Morgan fingerprint density at radius 3 is 2.44 bits per heavy atom. The molecule has 0 atom stereocenters. The zero-order valence-electron chi connectivity index (χ0n) is 20.1. The fourth-order valence-corrected chi connectivity index (χ4v) is 3.93. The number of nitrogens with zero attached hydrogens (tertiary/aromatic N) is 1. The maximum Gasteiger partial charge on any atom is 0.335 e. The third kappa shape index (κ3) is 5.42. The van der Waals surface area contributed by atoms with E-state index >= 15 is 0 Å². The number of carbonyl (C=O) groups is 3. The van der Waals surface area contributed by atoms with E-state index in [0.29, 0.717) is 34.4 Å². The van der Waals surface area contributed by atoms with Gasteiger partial charge in [-0.3, -0.25) is 14.9 Å². The quantitative estimate of drug-likeness (QED) is 0.334. The summed E-state index contributed by atoms with van der Waals surface area (Å²) in [7, 11) is 0. The van der Waals surface area contributed by atoms with E-state index in [-0.39, 0.29) is 12.2 Å². The number of benzene rings is 3. The van der Waals surface area contributed by atoms with Crippen molar-refractivity contribution in [1.29, 1.82) is 0 Å². The summed E-state index contributed by atoms with van der Waals surface area (Å²) >= 11 is 6.05. The van der Waals surface area contributed by atoms with Crippen LogP contribution in [0.3, 0.4) is 0 Å². The minimum absolute atomic E-state index is 0.164. The topological polar surface area (TPSA) is 84.9 Å². The maximum absolute atomic E-state index is 13.2. The van der Waals surface area contributed by atoms with Gasteiger partial charge < -0.3 is 9.47 Å². The highest BCUT2D eigenvalue weighted by Crippen LogP contribution is 2.31. The Kier molecular flexibility index (Phi) is 7.41. The molecule has 0 saturated carbocycles. The monoisotopic (exact) mass is 504 g/mol. The largest absolute Gasteiger partial charge is 0.490 e. The Bertz CT molecular complexity index is 1380. The van der Waals surface area contributed by atoms with Crippen LogP contribution in [0, 0.1) is 13.8 Å². The van der Waals surface area contributed by atoms with Crippen molar-refractivity contribution in [3.05, 3.63) is 93.5 Å². The second-order valence-corrected chi connectivity index (χ2v) is 8.72. The molecule has 1 fully saturated rings. The van der Waals surface area contributed by atoms with E-state index in [0.717, 1.165) is 21.6 Å². The van der Waals surface area contributed by atoms with Gasteiger partial charge in [0.1, 0.15) is 12.2 Å². The highest BCUT2D eigenvalue weighted by atomic mass is 35.5. The second-order valence-electron chi connectivity index (χ2n) is 8.28. The number of anilines is 1. The number of ether oxygens (including phenoxy) is 2. The smallest absolute Gasteiger partial charge is 0.335 e. The fraction of sp³-hybridized carbons (Fsp3) is 0.179. The van der Waals surface area contributed by atoms with Crippen LogP contribution in [0.5, 0.6) is 11.5 Å². The summed E-state index contributed by atoms with van der Waals surface area (Å²) in [5.74, 6) is -0.499. The number of imide groups is 2. The molecule has 4 rings (SSSR count). The summed E-state index contributed by atoms with van der Waals surface area (Å²) in [6, 6.07) is 16.9. The lowest BCUT2D eigenvalue weighted by atomic mass is 10.0. The predicted molar refractivity (Wildman–Crippen MR) is 138 cm³/mol. The van der Waals surface area contributed by atoms with E-state index in [2.05, 4.69) is 5.32 Å². The Morgan fingerprint density at radius 2 is 1.72 bits per heavy atom. The van der Waals surface area contributed by atoms with E-state index in [1.165, 1.54) is 6.08 Å². The number of halogens is 1. The summed E-state index contributed by atoms with van der Waals surface area (Å²) in [6.07, 6.45) is 1.43. The predicted octanol–water partition coefficient (Wildman–Crippen LogP) is 5.60. The first kappa shape index (κ1) is 25.0. The summed E-state index contributed by atoms with van der Waals surface area (Å²) in [4.78, 5) is 39.3. The SMILES string of the molecule is CCOc1cc(/C=C2\C(=O)NC(=O)N(c3ccc(C)c(C)c3)C2=O)ccc1OCc1cccc(Cl)c1. The summed E-state index contributed by atoms with van der Waals surface area (Å²) in [5.41, 5.74) is 3.61. The summed E-state index contributed by atoms with van der Waals surface area (Å²) in [5, 5.41) is 2.87. The molecule has 1 aliphatic heterocycles. The van der Waals surface area contributed by atoms with Gasteiger partial charge in [0.2, 0.25) is 0 Å². The molecule has 0 aliphatic carbocycles. The van der Waals surface area contributed by atoms with Crippen LogP contribution in [-0.2, 0) is 16.2 Å². The van der Waals surface area contributed by atoms with Crippen molar-refractivity contribution >= 4 is 41.2 Å². The van der Waals surface area contributed by atoms with Crippen LogP contribution in [0.1, 0.15) is 29.2 Å². The molecule has 0 aromatic heterocycles. The zero-order chi connectivity index (χ0) is 25.8. The van der Waals surface area contributed by atoms with Crippen molar-refractivity contribution in [3.8, 4) is 11.5 Å². The van der Waals surface area contributed by atoms with E-state index in [1.807, 2.05) is 45.0 Å². The van der Waals surface area contributed by atoms with Gasteiger partial charge in [-0.15, -0.1) is 0 Å². The highest BCUT2D eigenvalue weighted by molar-refractivity contribution is 6.39. The Morgan fingerprint density at radius 1 is 0.917 bits per heavy atom. The number of aryl methyl sites for hydroxylation is 2. The van der Waals surface area contributed by atoms with Gasteiger partial charge in [-0.05, 0) is 85.5 Å². The minimum atomic E-state index is -0.787. The lowest BCUT2D eigenvalue weighted by Crippen LogP contribution is -2.54. The van der Waals surface area contributed by atoms with E-state index in [4.69, 9.17) is 21.1 Å². The van der Waals surface area contributed by atoms with Crippen LogP contribution >= 0.6 is 11.6 Å². The summed E-state index contributed by atoms with van der Waals surface area (Å²) < 4.78 is 11.7. The Hall–Kier alpha value is -4.10. The molecule has 1 heterocycles. The van der Waals surface area contributed by atoms with Crippen LogP contribution in [0.25, 0.3) is 6.08 Å². The van der Waals surface area contributed by atoms with Gasteiger partial charge in [-0.1, -0.05) is 35.9 Å². The second kappa shape index (κ2) is 10.7. The first-order chi connectivity index (χ1) is 17.3. The molecule has 8 heteroatoms. The van der Waals surface area contributed by atoms with Crippen molar-refractivity contribution in [2.24, 2.45) is 0 Å². The van der Waals surface area contributed by atoms with Crippen LogP contribution in [0.4, 0.5) is 10.5 Å². The molecule has 7 nitrogen and oxygen atoms in total. The number of amides is 4. The van der Waals surface area contributed by atoms with Gasteiger partial charge >= 0.3 is 6.03 Å². The number of barbiturate groups is 1. The molecule has 4 amide bonds. The number of urea groups is 1. The number of hydrogen-bond acceptors (Lipinski definition) is 5. The van der Waals surface area contributed by atoms with Crippen LogP contribution in [-0.4, -0.2) is 24.5 Å². The van der Waals surface area contributed by atoms with Crippen LogP contribution < -0.4 is 19.7 Å². The molecule has 36 heavy (non-hydrogen) atoms. The Labute approximate surface area is 214 Å². The molecule has 0 unspecified atom stereocenters. The van der Waals surface area contributed by atoms with Gasteiger partial charge in [0.25, 0.3) is 11.8 Å². The summed E-state index contributed by atoms with van der Waals surface area (Å²) in [6.45, 7) is 6.34. The number of carbonyl (C=O) groups excluding carboxylic acids is 3. The van der Waals surface area contributed by atoms with Crippen molar-refractivity contribution in [2.45, 2.75) is 27.4 Å². The lowest BCUT2D eigenvalue weighted by molar-refractivity contribution is -0.122. The van der Waals surface area contributed by atoms with Crippen molar-refractivity contribution in [2.75, 3.05) is 11.5 Å². The zero-order valence-corrected chi connectivity index (χ0v) is 20.9. The lowest BCUT2D eigenvalue weighted by Gasteiger charge is -2.27. The average Bonchev–Trinajstić information content (AvgIpc) is 2.83. The standard InChI is InChI=1S/C28H25ClN2O5/c1-4-35-25-15-19(9-11-24(25)36-16-20-6-5-7-21(29)13-20)14-23-26(32)30-28(34)31(27(23)33)22-10-8-17(2)18(3)12-22/h5-15H,4,16H2,1-3H3,(H,30,32,34)/b23-14+. The third-order valence-electron chi connectivity index (χ3n) is 5.71. The van der Waals surface area contributed by atoms with Crippen LogP contribution in [0.15, 0.2) is 66.2 Å². The van der Waals surface area contributed by atoms with E-state index in [1.54, 1.807) is 36.4 Å². The van der Waals surface area contributed by atoms with Crippen LogP contribution in [0.2, 0.25) is 5.02 Å². The maximum atomic E-state index is 13.2. The molecule has 0 radical (unpaired) electrons. The Balaban J connectivity index is 1.62. The number of nitrogens with one attached hydrogen (secondary N) is 1. The molecular weight excluding hydrogens is 480 g/mol. The normalized spacial score (nSPS) is 14.7. The average molecular weight is 505 g/mol. The van der Waals surface area contributed by atoms with Crippen molar-refractivity contribution < 1.29 is 23.9 Å². The third-order valence-corrected chi connectivity index (χ3v) is 5.95. The first-order valence-corrected chi connectivity index (χ1v) is 11.8. The number of rotatable bonds is 7. The van der Waals surface area contributed by atoms with E-state index < -0.39 is 17.8 Å². The first-order valence-electron chi connectivity index (χ1n) is 11.4. The molecule has 1 saturated heterocycles. The molecule has 0 spiro atoms. The highest BCUT2D eigenvalue weighted by Gasteiger charge is 2.37. The molecule has 1 aliphatic rings. The molecule has 3 aromatic rings. The van der Waals surface area contributed by atoms with Crippen molar-refractivity contribution in [1.82, 2.24) is 5.32 Å². The van der Waals surface area contributed by atoms with E-state index in [9.17, 15) is 14.4 Å². The van der Waals surface area contributed by atoms with Gasteiger partial charge in [-0.2, -0.15) is 0 Å². The number of hydrogen-bond donors (Lipinski definition) is 1. The van der Waals surface area contributed by atoms with Crippen molar-refractivity contribution in [3.63, 3.8) is 0 Å². The molecule has 3 aromatic carbocycles. The van der Waals surface area contributed by atoms with Gasteiger partial charge in [0.05, 0.1) is 12.3 Å². The molecule has 1 N–H and O–H groups in total. The molecule has 0 bridgehead atoms. The fourth-order valence-electron chi connectivity index (χ4n) is 3.71. The van der Waals surface area contributed by atoms with Gasteiger partial charge in [0.15, 0.2) is 11.5 Å².